The molecular formula is C15H23IN4S2. The van der Waals surface area contributed by atoms with Gasteiger partial charge in [-0.25, -0.2) is 4.98 Å². The highest BCUT2D eigenvalue weighted by molar-refractivity contribution is 14.0. The minimum Gasteiger partial charge on any atom is -0.356 e. The van der Waals surface area contributed by atoms with Crippen LogP contribution < -0.4 is 10.6 Å². The van der Waals surface area contributed by atoms with Crippen LogP contribution in [-0.2, 0) is 19.4 Å². The van der Waals surface area contributed by atoms with E-state index >= 15 is 0 Å². The topological polar surface area (TPSA) is 49.3 Å². The Morgan fingerprint density at radius 3 is 2.64 bits per heavy atom. The predicted molar refractivity (Wildman–Crippen MR) is 108 cm³/mol. The zero-order valence-electron chi connectivity index (χ0n) is 13.2. The van der Waals surface area contributed by atoms with Crippen LogP contribution in [0.4, 0.5) is 0 Å². The van der Waals surface area contributed by atoms with E-state index in [1.807, 2.05) is 17.5 Å². The lowest BCUT2D eigenvalue weighted by Crippen LogP contribution is -2.37. The van der Waals surface area contributed by atoms with E-state index in [4.69, 9.17) is 0 Å². The number of thiophene rings is 1. The maximum atomic E-state index is 4.43. The van der Waals surface area contributed by atoms with Crippen LogP contribution in [0, 0.1) is 6.92 Å². The fraction of sp³-hybridized carbons (Fsp3) is 0.467. The lowest BCUT2D eigenvalue weighted by Gasteiger charge is -2.10. The van der Waals surface area contributed by atoms with Gasteiger partial charge in [0.05, 0.1) is 11.6 Å². The average Bonchev–Trinajstić information content (AvgIpc) is 3.11. The van der Waals surface area contributed by atoms with E-state index in [1.54, 1.807) is 18.4 Å². The van der Waals surface area contributed by atoms with Crippen molar-refractivity contribution in [3.63, 3.8) is 0 Å². The van der Waals surface area contributed by atoms with Crippen LogP contribution in [0.15, 0.2) is 23.3 Å². The van der Waals surface area contributed by atoms with Crippen molar-refractivity contribution in [2.24, 2.45) is 4.99 Å². The van der Waals surface area contributed by atoms with E-state index in [-0.39, 0.29) is 24.0 Å². The SMILES string of the molecule is CCc1cnc(CCNC(=NC)NCc2ccc(C)s2)s1.I. The van der Waals surface area contributed by atoms with Crippen molar-refractivity contribution in [3.05, 3.63) is 38.0 Å². The molecule has 4 nitrogen and oxygen atoms in total. The van der Waals surface area contributed by atoms with Crippen molar-refractivity contribution in [2.75, 3.05) is 13.6 Å². The molecule has 2 N–H and O–H groups in total. The van der Waals surface area contributed by atoms with Crippen molar-refractivity contribution < 1.29 is 0 Å². The van der Waals surface area contributed by atoms with E-state index in [9.17, 15) is 0 Å². The van der Waals surface area contributed by atoms with Gasteiger partial charge in [-0.3, -0.25) is 4.99 Å². The molecule has 2 heterocycles. The molecule has 0 aliphatic carbocycles. The fourth-order valence-electron chi connectivity index (χ4n) is 1.89. The van der Waals surface area contributed by atoms with Gasteiger partial charge in [0.1, 0.15) is 0 Å². The first-order valence-corrected chi connectivity index (χ1v) is 8.78. The van der Waals surface area contributed by atoms with Crippen LogP contribution in [0.1, 0.15) is 26.6 Å². The zero-order chi connectivity index (χ0) is 15.1. The fourth-order valence-corrected chi connectivity index (χ4v) is 3.58. The van der Waals surface area contributed by atoms with Crippen LogP contribution in [-0.4, -0.2) is 24.5 Å². The number of guanidine groups is 1. The van der Waals surface area contributed by atoms with Crippen molar-refractivity contribution in [2.45, 2.75) is 33.2 Å². The highest BCUT2D eigenvalue weighted by Crippen LogP contribution is 2.14. The molecule has 0 saturated heterocycles. The van der Waals surface area contributed by atoms with Gasteiger partial charge in [-0.05, 0) is 25.5 Å². The molecular weight excluding hydrogens is 427 g/mol. The number of aryl methyl sites for hydroxylation is 2. The van der Waals surface area contributed by atoms with Gasteiger partial charge in [-0.15, -0.1) is 46.7 Å². The number of aliphatic imine (C=N–C) groups is 1. The Balaban J connectivity index is 0.00000242. The van der Waals surface area contributed by atoms with E-state index in [0.29, 0.717) is 0 Å². The Morgan fingerprint density at radius 2 is 2.05 bits per heavy atom. The van der Waals surface area contributed by atoms with Gasteiger partial charge in [0, 0.05) is 40.8 Å². The number of hydrogen-bond acceptors (Lipinski definition) is 4. The third kappa shape index (κ3) is 6.21. The predicted octanol–water partition coefficient (Wildman–Crippen LogP) is 3.60. The molecule has 2 aromatic rings. The number of rotatable bonds is 6. The maximum absolute atomic E-state index is 4.43. The number of aromatic nitrogens is 1. The molecule has 0 fully saturated rings. The second-order valence-corrected chi connectivity index (χ2v) is 7.26. The molecule has 0 radical (unpaired) electrons. The number of thiazole rings is 1. The molecule has 0 aliphatic heterocycles. The van der Waals surface area contributed by atoms with Gasteiger partial charge in [0.25, 0.3) is 0 Å². The van der Waals surface area contributed by atoms with Gasteiger partial charge in [0.2, 0.25) is 0 Å². The summed E-state index contributed by atoms with van der Waals surface area (Å²) in [6, 6.07) is 4.30. The molecule has 0 atom stereocenters. The third-order valence-corrected chi connectivity index (χ3v) is 5.23. The monoisotopic (exact) mass is 450 g/mol. The molecule has 122 valence electrons. The quantitative estimate of drug-likeness (QED) is 0.402. The molecule has 0 amide bonds. The Hall–Kier alpha value is -0.670. The first kappa shape index (κ1) is 19.4. The van der Waals surface area contributed by atoms with Gasteiger partial charge < -0.3 is 10.6 Å². The largest absolute Gasteiger partial charge is 0.356 e. The molecule has 0 spiro atoms. The lowest BCUT2D eigenvalue weighted by molar-refractivity contribution is 0.796. The van der Waals surface area contributed by atoms with Crippen LogP contribution in [0.3, 0.4) is 0 Å². The number of nitrogens with one attached hydrogen (secondary N) is 2. The van der Waals surface area contributed by atoms with E-state index < -0.39 is 0 Å². The van der Waals surface area contributed by atoms with Crippen LogP contribution >= 0.6 is 46.7 Å². The molecule has 0 saturated carbocycles. The van der Waals surface area contributed by atoms with E-state index in [0.717, 1.165) is 31.9 Å². The summed E-state index contributed by atoms with van der Waals surface area (Å²) in [6.07, 6.45) is 3.98. The summed E-state index contributed by atoms with van der Waals surface area (Å²) >= 11 is 3.61. The lowest BCUT2D eigenvalue weighted by atomic mass is 10.4. The minimum atomic E-state index is 0. The number of hydrogen-bond donors (Lipinski definition) is 2. The van der Waals surface area contributed by atoms with Crippen molar-refractivity contribution in [3.8, 4) is 0 Å². The Kier molecular flexibility index (Phi) is 8.96. The Labute approximate surface area is 157 Å². The summed E-state index contributed by atoms with van der Waals surface area (Å²) in [6.45, 7) is 5.95. The van der Waals surface area contributed by atoms with Gasteiger partial charge in [-0.1, -0.05) is 6.92 Å². The van der Waals surface area contributed by atoms with Crippen molar-refractivity contribution in [1.82, 2.24) is 15.6 Å². The smallest absolute Gasteiger partial charge is 0.191 e. The van der Waals surface area contributed by atoms with Crippen LogP contribution in [0.25, 0.3) is 0 Å². The molecule has 7 heteroatoms. The van der Waals surface area contributed by atoms with Gasteiger partial charge in [-0.2, -0.15) is 0 Å². The van der Waals surface area contributed by atoms with Crippen molar-refractivity contribution in [1.29, 1.82) is 0 Å². The van der Waals surface area contributed by atoms with Crippen molar-refractivity contribution >= 4 is 52.6 Å². The molecule has 0 bridgehead atoms. The zero-order valence-corrected chi connectivity index (χ0v) is 17.1. The summed E-state index contributed by atoms with van der Waals surface area (Å²) in [5, 5.41) is 7.85. The van der Waals surface area contributed by atoms with Gasteiger partial charge >= 0.3 is 0 Å². The summed E-state index contributed by atoms with van der Waals surface area (Å²) in [7, 11) is 1.80. The highest BCUT2D eigenvalue weighted by atomic mass is 127. The molecule has 2 rings (SSSR count). The van der Waals surface area contributed by atoms with Crippen LogP contribution in [0.2, 0.25) is 0 Å². The summed E-state index contributed by atoms with van der Waals surface area (Å²) in [5.74, 6) is 0.841. The van der Waals surface area contributed by atoms with Gasteiger partial charge in [0.15, 0.2) is 5.96 Å². The van der Waals surface area contributed by atoms with Crippen LogP contribution in [0.5, 0.6) is 0 Å². The summed E-state index contributed by atoms with van der Waals surface area (Å²) in [5.41, 5.74) is 0. The number of halogens is 1. The highest BCUT2D eigenvalue weighted by Gasteiger charge is 2.03. The maximum Gasteiger partial charge on any atom is 0.191 e. The molecule has 0 unspecified atom stereocenters. The second-order valence-electron chi connectivity index (χ2n) is 4.69. The molecule has 2 aromatic heterocycles. The third-order valence-electron chi connectivity index (χ3n) is 3.03. The van der Waals surface area contributed by atoms with E-state index in [2.05, 4.69) is 46.6 Å². The molecule has 22 heavy (non-hydrogen) atoms. The van der Waals surface area contributed by atoms with E-state index in [1.165, 1.54) is 19.6 Å². The summed E-state index contributed by atoms with van der Waals surface area (Å²) in [4.78, 5) is 12.7. The standard InChI is InChI=1S/C15H22N4S2.HI/c1-4-12-9-18-14(21-12)7-8-17-15(16-3)19-10-13-6-5-11(2)20-13;/h5-6,9H,4,7-8,10H2,1-3H3,(H2,16,17,19);1H. The average molecular weight is 450 g/mol. The first-order chi connectivity index (χ1) is 10.2. The Morgan fingerprint density at radius 1 is 1.23 bits per heavy atom. The minimum absolute atomic E-state index is 0. The molecule has 0 aromatic carbocycles. The first-order valence-electron chi connectivity index (χ1n) is 7.14. The Bertz CT molecular complexity index is 592. The molecule has 0 aliphatic rings. The number of nitrogens with zero attached hydrogens (tertiary/aromatic N) is 2. The summed E-state index contributed by atoms with van der Waals surface area (Å²) < 4.78 is 0. The second kappa shape index (κ2) is 10.2. The normalized spacial score (nSPS) is 11.1.